The third-order valence-corrected chi connectivity index (χ3v) is 5.12. The predicted octanol–water partition coefficient (Wildman–Crippen LogP) is 4.72. The molecule has 6 nitrogen and oxygen atoms in total. The summed E-state index contributed by atoms with van der Waals surface area (Å²) in [6, 6.07) is 21.0. The van der Waals surface area contributed by atoms with Crippen LogP contribution >= 0.6 is 15.9 Å². The number of likely N-dealkylation sites (N-methyl/N-ethyl adjacent to an activating group) is 1. The molecule has 0 saturated carbocycles. The molecule has 0 aliphatic rings. The van der Waals surface area contributed by atoms with Crippen LogP contribution in [0.3, 0.4) is 0 Å². The Morgan fingerprint density at radius 3 is 2.26 bits per heavy atom. The molecule has 0 unspecified atom stereocenters. The van der Waals surface area contributed by atoms with Gasteiger partial charge in [-0.2, -0.15) is 0 Å². The highest BCUT2D eigenvalue weighted by molar-refractivity contribution is 9.10. The summed E-state index contributed by atoms with van der Waals surface area (Å²) in [7, 11) is 1.55. The summed E-state index contributed by atoms with van der Waals surface area (Å²) < 4.78 is 0.921. The van der Waals surface area contributed by atoms with Crippen molar-refractivity contribution in [1.29, 1.82) is 0 Å². The van der Waals surface area contributed by atoms with E-state index in [1.54, 1.807) is 61.6 Å². The highest BCUT2D eigenvalue weighted by atomic mass is 79.9. The van der Waals surface area contributed by atoms with E-state index in [1.165, 1.54) is 4.90 Å². The molecule has 31 heavy (non-hydrogen) atoms. The van der Waals surface area contributed by atoms with E-state index in [0.29, 0.717) is 22.5 Å². The first-order chi connectivity index (χ1) is 14.8. The average molecular weight is 480 g/mol. The van der Waals surface area contributed by atoms with E-state index >= 15 is 0 Å². The molecule has 0 aliphatic carbocycles. The Balaban J connectivity index is 1.69. The van der Waals surface area contributed by atoms with Crippen LogP contribution in [-0.2, 0) is 4.79 Å². The molecule has 3 aromatic rings. The van der Waals surface area contributed by atoms with Crippen LogP contribution in [0.2, 0.25) is 0 Å². The number of aryl methyl sites for hydroxylation is 1. The van der Waals surface area contributed by atoms with Crippen LogP contribution in [0, 0.1) is 6.92 Å². The van der Waals surface area contributed by atoms with E-state index in [0.717, 1.165) is 10.0 Å². The maximum absolute atomic E-state index is 13.0. The maximum atomic E-state index is 13.0. The Labute approximate surface area is 189 Å². The SMILES string of the molecule is Cc1cc(Br)ccc1NC(=O)CN(C)C(=O)c1ccccc1NC(=O)c1ccccc1. The third-order valence-electron chi connectivity index (χ3n) is 4.63. The third kappa shape index (κ3) is 5.79. The van der Waals surface area contributed by atoms with E-state index in [2.05, 4.69) is 26.6 Å². The molecule has 0 heterocycles. The Kier molecular flexibility index (Phi) is 7.20. The molecule has 0 radical (unpaired) electrons. The number of rotatable bonds is 6. The second-order valence-corrected chi connectivity index (χ2v) is 7.95. The number of halogens is 1. The van der Waals surface area contributed by atoms with E-state index < -0.39 is 0 Å². The lowest BCUT2D eigenvalue weighted by atomic mass is 10.1. The van der Waals surface area contributed by atoms with Crippen molar-refractivity contribution in [3.63, 3.8) is 0 Å². The van der Waals surface area contributed by atoms with Gasteiger partial charge in [-0.1, -0.05) is 46.3 Å². The molecule has 0 aromatic heterocycles. The molecular formula is C24H22BrN3O3. The fourth-order valence-corrected chi connectivity index (χ4v) is 3.49. The second-order valence-electron chi connectivity index (χ2n) is 7.03. The van der Waals surface area contributed by atoms with Crippen molar-refractivity contribution in [2.45, 2.75) is 6.92 Å². The van der Waals surface area contributed by atoms with Gasteiger partial charge in [-0.05, 0) is 55.0 Å². The molecule has 0 spiro atoms. The van der Waals surface area contributed by atoms with Crippen molar-refractivity contribution in [2.24, 2.45) is 0 Å². The van der Waals surface area contributed by atoms with Gasteiger partial charge in [-0.25, -0.2) is 0 Å². The fourth-order valence-electron chi connectivity index (χ4n) is 3.01. The molecule has 0 bridgehead atoms. The molecule has 0 atom stereocenters. The molecule has 3 rings (SSSR count). The van der Waals surface area contributed by atoms with Gasteiger partial charge < -0.3 is 15.5 Å². The Morgan fingerprint density at radius 2 is 1.55 bits per heavy atom. The number of nitrogens with one attached hydrogen (secondary N) is 2. The first kappa shape index (κ1) is 22.2. The summed E-state index contributed by atoms with van der Waals surface area (Å²) >= 11 is 3.39. The van der Waals surface area contributed by atoms with Crippen molar-refractivity contribution in [3.8, 4) is 0 Å². The number of anilines is 2. The topological polar surface area (TPSA) is 78.5 Å². The van der Waals surface area contributed by atoms with E-state index in [1.807, 2.05) is 25.1 Å². The highest BCUT2D eigenvalue weighted by Crippen LogP contribution is 2.21. The molecule has 0 saturated heterocycles. The predicted molar refractivity (Wildman–Crippen MR) is 125 cm³/mol. The molecule has 0 fully saturated rings. The quantitative estimate of drug-likeness (QED) is 0.536. The zero-order chi connectivity index (χ0) is 22.4. The summed E-state index contributed by atoms with van der Waals surface area (Å²) in [6.07, 6.45) is 0. The molecule has 0 aliphatic heterocycles. The van der Waals surface area contributed by atoms with Crippen molar-refractivity contribution < 1.29 is 14.4 Å². The van der Waals surface area contributed by atoms with Gasteiger partial charge in [-0.15, -0.1) is 0 Å². The molecule has 3 aromatic carbocycles. The van der Waals surface area contributed by atoms with Crippen molar-refractivity contribution in [2.75, 3.05) is 24.2 Å². The van der Waals surface area contributed by atoms with Gasteiger partial charge in [0.1, 0.15) is 0 Å². The Hall–Kier alpha value is -3.45. The first-order valence-corrected chi connectivity index (χ1v) is 10.4. The van der Waals surface area contributed by atoms with Gasteiger partial charge in [0.25, 0.3) is 11.8 Å². The number of hydrogen-bond acceptors (Lipinski definition) is 3. The number of amides is 3. The standard InChI is InChI=1S/C24H22BrN3O3/c1-16-14-18(25)12-13-20(16)26-22(29)15-28(2)24(31)19-10-6-7-11-21(19)27-23(30)17-8-4-3-5-9-17/h3-14H,15H2,1-2H3,(H,26,29)(H,27,30). The van der Waals surface area contributed by atoms with E-state index in [9.17, 15) is 14.4 Å². The Morgan fingerprint density at radius 1 is 0.871 bits per heavy atom. The molecule has 3 amide bonds. The molecule has 2 N–H and O–H groups in total. The van der Waals surface area contributed by atoms with Gasteiger partial charge in [0.05, 0.1) is 17.8 Å². The van der Waals surface area contributed by atoms with E-state index in [4.69, 9.17) is 0 Å². The number of nitrogens with zero attached hydrogens (tertiary/aromatic N) is 1. The molecule has 7 heteroatoms. The van der Waals surface area contributed by atoms with Gasteiger partial charge >= 0.3 is 0 Å². The zero-order valence-corrected chi connectivity index (χ0v) is 18.8. The Bertz CT molecular complexity index is 1120. The van der Waals surface area contributed by atoms with Gasteiger partial charge in [0.15, 0.2) is 0 Å². The summed E-state index contributed by atoms with van der Waals surface area (Å²) in [5.41, 5.74) is 2.77. The van der Waals surface area contributed by atoms with Crippen LogP contribution in [0.25, 0.3) is 0 Å². The number of carbonyl (C=O) groups excluding carboxylic acids is 3. The van der Waals surface area contributed by atoms with Crippen LogP contribution in [0.1, 0.15) is 26.3 Å². The molecular weight excluding hydrogens is 458 g/mol. The van der Waals surface area contributed by atoms with Gasteiger partial charge in [0.2, 0.25) is 5.91 Å². The van der Waals surface area contributed by atoms with Crippen molar-refractivity contribution in [1.82, 2.24) is 4.90 Å². The number of benzene rings is 3. The van der Waals surface area contributed by atoms with Crippen LogP contribution in [0.5, 0.6) is 0 Å². The van der Waals surface area contributed by atoms with Crippen molar-refractivity contribution >= 4 is 45.0 Å². The summed E-state index contributed by atoms with van der Waals surface area (Å²) in [6.45, 7) is 1.76. The minimum Gasteiger partial charge on any atom is -0.332 e. The number of carbonyl (C=O) groups is 3. The number of para-hydroxylation sites is 1. The largest absolute Gasteiger partial charge is 0.332 e. The summed E-state index contributed by atoms with van der Waals surface area (Å²) in [5.74, 6) is -0.995. The lowest BCUT2D eigenvalue weighted by molar-refractivity contribution is -0.116. The maximum Gasteiger partial charge on any atom is 0.256 e. The first-order valence-electron chi connectivity index (χ1n) is 9.62. The molecule has 158 valence electrons. The van der Waals surface area contributed by atoms with Crippen molar-refractivity contribution in [3.05, 3.63) is 94.0 Å². The summed E-state index contributed by atoms with van der Waals surface area (Å²) in [5, 5.41) is 5.60. The van der Waals surface area contributed by atoms with Crippen LogP contribution in [-0.4, -0.2) is 36.2 Å². The van der Waals surface area contributed by atoms with Crippen LogP contribution < -0.4 is 10.6 Å². The van der Waals surface area contributed by atoms with E-state index in [-0.39, 0.29) is 24.3 Å². The average Bonchev–Trinajstić information content (AvgIpc) is 2.76. The van der Waals surface area contributed by atoms with Crippen LogP contribution in [0.4, 0.5) is 11.4 Å². The minimum absolute atomic E-state index is 0.130. The summed E-state index contributed by atoms with van der Waals surface area (Å²) in [4.78, 5) is 39.2. The highest BCUT2D eigenvalue weighted by Gasteiger charge is 2.19. The lowest BCUT2D eigenvalue weighted by Gasteiger charge is -2.19. The minimum atomic E-state index is -0.369. The van der Waals surface area contributed by atoms with Gasteiger partial charge in [0, 0.05) is 22.8 Å². The normalized spacial score (nSPS) is 10.3. The monoisotopic (exact) mass is 479 g/mol. The second kappa shape index (κ2) is 10.0. The van der Waals surface area contributed by atoms with Crippen LogP contribution in [0.15, 0.2) is 77.3 Å². The zero-order valence-electron chi connectivity index (χ0n) is 17.2. The fraction of sp³-hybridized carbons (Fsp3) is 0.125. The number of hydrogen-bond donors (Lipinski definition) is 2. The van der Waals surface area contributed by atoms with Gasteiger partial charge in [-0.3, -0.25) is 14.4 Å². The smallest absolute Gasteiger partial charge is 0.256 e. The lowest BCUT2D eigenvalue weighted by Crippen LogP contribution is -2.35.